The van der Waals surface area contributed by atoms with Crippen molar-refractivity contribution in [2.45, 2.75) is 13.3 Å². The number of nitrogens with zero attached hydrogens (tertiary/aromatic N) is 5. The Morgan fingerprint density at radius 3 is 2.51 bits per heavy atom. The van der Waals surface area contributed by atoms with Crippen LogP contribution >= 0.6 is 27.3 Å². The van der Waals surface area contributed by atoms with E-state index in [0.29, 0.717) is 38.7 Å². The van der Waals surface area contributed by atoms with Crippen molar-refractivity contribution in [3.05, 3.63) is 110 Å². The zero-order valence-corrected chi connectivity index (χ0v) is 23.1. The van der Waals surface area contributed by atoms with Crippen molar-refractivity contribution >= 4 is 38.3 Å². The zero-order valence-electron chi connectivity index (χ0n) is 20.7. The van der Waals surface area contributed by atoms with Crippen LogP contribution in [0.25, 0.3) is 39.4 Å². The van der Waals surface area contributed by atoms with Gasteiger partial charge in [-0.25, -0.2) is 9.07 Å². The number of ether oxygens (including phenoxy) is 1. The molecule has 0 spiro atoms. The lowest BCUT2D eigenvalue weighted by molar-refractivity contribution is 0.301. The van der Waals surface area contributed by atoms with Crippen LogP contribution in [0.4, 0.5) is 4.39 Å². The Labute approximate surface area is 235 Å². The highest BCUT2D eigenvalue weighted by Crippen LogP contribution is 2.29. The van der Waals surface area contributed by atoms with E-state index in [1.807, 2.05) is 67.7 Å². The largest absolute Gasteiger partial charge is 0.491 e. The van der Waals surface area contributed by atoms with Crippen molar-refractivity contribution in [1.29, 1.82) is 0 Å². The fourth-order valence-corrected chi connectivity index (χ4v) is 5.27. The van der Waals surface area contributed by atoms with Crippen molar-refractivity contribution in [3.8, 4) is 34.1 Å². The van der Waals surface area contributed by atoms with Gasteiger partial charge in [-0.05, 0) is 55.0 Å². The van der Waals surface area contributed by atoms with Crippen LogP contribution in [0.15, 0.2) is 88.3 Å². The van der Waals surface area contributed by atoms with Crippen LogP contribution in [0.5, 0.6) is 5.75 Å². The number of halogens is 2. The molecule has 10 heteroatoms. The summed E-state index contributed by atoms with van der Waals surface area (Å²) in [4.78, 5) is 18.3. The Bertz CT molecular complexity index is 1900. The van der Waals surface area contributed by atoms with Gasteiger partial charge in [-0.15, -0.1) is 5.10 Å². The summed E-state index contributed by atoms with van der Waals surface area (Å²) < 4.78 is 24.8. The summed E-state index contributed by atoms with van der Waals surface area (Å²) in [6.07, 6.45) is 4.36. The predicted molar refractivity (Wildman–Crippen MR) is 154 cm³/mol. The lowest BCUT2D eigenvalue weighted by Gasteiger charge is -2.07. The van der Waals surface area contributed by atoms with E-state index in [0.717, 1.165) is 22.1 Å². The van der Waals surface area contributed by atoms with Gasteiger partial charge in [0.2, 0.25) is 4.96 Å². The van der Waals surface area contributed by atoms with E-state index in [1.54, 1.807) is 22.9 Å². The second-order valence-corrected chi connectivity index (χ2v) is 10.7. The third-order valence-corrected chi connectivity index (χ3v) is 7.49. The number of rotatable bonds is 7. The first-order valence-electron chi connectivity index (χ1n) is 12.2. The molecule has 6 aromatic rings. The van der Waals surface area contributed by atoms with Gasteiger partial charge in [0.1, 0.15) is 5.69 Å². The highest BCUT2D eigenvalue weighted by Gasteiger charge is 2.16. The van der Waals surface area contributed by atoms with E-state index < -0.39 is 5.82 Å². The molecule has 0 saturated heterocycles. The van der Waals surface area contributed by atoms with Crippen LogP contribution in [0.2, 0.25) is 0 Å². The van der Waals surface area contributed by atoms with Crippen LogP contribution in [-0.2, 0) is 0 Å². The van der Waals surface area contributed by atoms with E-state index in [4.69, 9.17) is 9.84 Å². The third kappa shape index (κ3) is 5.00. The molecule has 0 bridgehead atoms. The smallest absolute Gasteiger partial charge is 0.291 e. The first kappa shape index (κ1) is 25.1. The summed E-state index contributed by atoms with van der Waals surface area (Å²) in [7, 11) is 0. The van der Waals surface area contributed by atoms with Crippen molar-refractivity contribution in [1.82, 2.24) is 24.4 Å². The molecule has 0 saturated carbocycles. The van der Waals surface area contributed by atoms with Crippen LogP contribution in [-0.4, -0.2) is 31.0 Å². The zero-order chi connectivity index (χ0) is 26.9. The van der Waals surface area contributed by atoms with Crippen LogP contribution in [0, 0.1) is 5.82 Å². The molecule has 39 heavy (non-hydrogen) atoms. The topological polar surface area (TPSA) is 74.3 Å². The quantitative estimate of drug-likeness (QED) is 0.227. The second-order valence-electron chi connectivity index (χ2n) is 8.76. The number of hydrogen-bond acceptors (Lipinski definition) is 6. The van der Waals surface area contributed by atoms with Gasteiger partial charge in [0, 0.05) is 27.4 Å². The number of benzene rings is 3. The molecule has 0 aliphatic heterocycles. The highest BCUT2D eigenvalue weighted by atomic mass is 79.9. The summed E-state index contributed by atoms with van der Waals surface area (Å²) in [6, 6.07) is 22.0. The Morgan fingerprint density at radius 1 is 1.03 bits per heavy atom. The molecule has 0 fully saturated rings. The maximum Gasteiger partial charge on any atom is 0.291 e. The Kier molecular flexibility index (Phi) is 6.80. The molecule has 0 N–H and O–H groups in total. The molecule has 0 radical (unpaired) electrons. The summed E-state index contributed by atoms with van der Waals surface area (Å²) >= 11 is 4.66. The predicted octanol–water partition coefficient (Wildman–Crippen LogP) is 5.91. The molecular weight excluding hydrogens is 581 g/mol. The normalized spacial score (nSPS) is 11.9. The lowest BCUT2D eigenvalue weighted by Crippen LogP contribution is -2.23. The first-order valence-corrected chi connectivity index (χ1v) is 13.9. The molecule has 7 nitrogen and oxygen atoms in total. The summed E-state index contributed by atoms with van der Waals surface area (Å²) in [6.45, 7) is 2.40. The molecule has 0 aliphatic carbocycles. The van der Waals surface area contributed by atoms with E-state index in [1.165, 1.54) is 21.9 Å². The van der Waals surface area contributed by atoms with Crippen molar-refractivity contribution in [2.75, 3.05) is 6.61 Å². The molecule has 0 unspecified atom stereocenters. The van der Waals surface area contributed by atoms with Crippen LogP contribution in [0.1, 0.15) is 18.9 Å². The van der Waals surface area contributed by atoms with Gasteiger partial charge in [-0.2, -0.15) is 14.6 Å². The van der Waals surface area contributed by atoms with E-state index in [2.05, 4.69) is 26.0 Å². The van der Waals surface area contributed by atoms with Gasteiger partial charge in [0.25, 0.3) is 5.56 Å². The molecular formula is C29H21BrFN5O2S. The minimum atomic E-state index is -0.468. The maximum absolute atomic E-state index is 14.9. The lowest BCUT2D eigenvalue weighted by atomic mass is 10.1. The van der Waals surface area contributed by atoms with Crippen molar-refractivity contribution in [3.63, 3.8) is 0 Å². The third-order valence-electron chi connectivity index (χ3n) is 6.00. The monoisotopic (exact) mass is 601 g/mol. The Balaban J connectivity index is 1.45. The minimum Gasteiger partial charge on any atom is -0.491 e. The average Bonchev–Trinajstić information content (AvgIpc) is 3.64. The van der Waals surface area contributed by atoms with Gasteiger partial charge in [-0.3, -0.25) is 4.79 Å². The average molecular weight is 602 g/mol. The summed E-state index contributed by atoms with van der Waals surface area (Å²) in [5, 5.41) is 9.19. The SMILES string of the molecule is CCCOc1ccc(-c2nn(-c3ccccc3)cc2C=c2sc3nc(-c4ccc(Br)cc4)nn3c2=O)cc1F. The summed E-state index contributed by atoms with van der Waals surface area (Å²) in [5.74, 6) is 0.211. The maximum atomic E-state index is 14.9. The summed E-state index contributed by atoms with van der Waals surface area (Å²) in [5.41, 5.74) is 3.15. The van der Waals surface area contributed by atoms with Crippen molar-refractivity contribution < 1.29 is 9.13 Å². The molecule has 0 aliphatic rings. The fourth-order valence-electron chi connectivity index (χ4n) is 4.10. The Hall–Kier alpha value is -4.15. The molecule has 3 aromatic heterocycles. The van der Waals surface area contributed by atoms with Gasteiger partial charge in [0.15, 0.2) is 17.4 Å². The number of fused-ring (bicyclic) bond motifs is 1. The van der Waals surface area contributed by atoms with Gasteiger partial charge < -0.3 is 4.74 Å². The Morgan fingerprint density at radius 2 is 1.79 bits per heavy atom. The van der Waals surface area contributed by atoms with Crippen LogP contribution in [0.3, 0.4) is 0 Å². The number of para-hydroxylation sites is 1. The second kappa shape index (κ2) is 10.5. The molecule has 0 atom stereocenters. The van der Waals surface area contributed by atoms with Gasteiger partial charge in [0.05, 0.1) is 16.8 Å². The van der Waals surface area contributed by atoms with Crippen LogP contribution < -0.4 is 14.8 Å². The van der Waals surface area contributed by atoms with E-state index in [-0.39, 0.29) is 11.3 Å². The highest BCUT2D eigenvalue weighted by molar-refractivity contribution is 9.10. The molecule has 6 rings (SSSR count). The molecule has 3 heterocycles. The first-order chi connectivity index (χ1) is 19.0. The van der Waals surface area contributed by atoms with Crippen molar-refractivity contribution in [2.24, 2.45) is 0 Å². The minimum absolute atomic E-state index is 0.197. The number of thiazole rings is 1. The van der Waals surface area contributed by atoms with E-state index in [9.17, 15) is 9.18 Å². The fraction of sp³-hybridized carbons (Fsp3) is 0.103. The van der Waals surface area contributed by atoms with Gasteiger partial charge >= 0.3 is 0 Å². The molecule has 194 valence electrons. The van der Waals surface area contributed by atoms with E-state index >= 15 is 0 Å². The standard InChI is InChI=1S/C29H21BrFN5O2S/c1-2-14-38-24-13-10-19(15-23(24)31)26-20(17-35(33-26)22-6-4-3-5-7-22)16-25-28(37)36-29(39-25)32-27(34-36)18-8-11-21(30)12-9-18/h3-13,15-17H,2,14H2,1H3. The molecule has 0 amide bonds. The van der Waals surface area contributed by atoms with Gasteiger partial charge in [-0.1, -0.05) is 64.5 Å². The number of aromatic nitrogens is 5. The number of hydrogen-bond donors (Lipinski definition) is 0. The molecule has 3 aromatic carbocycles.